The van der Waals surface area contributed by atoms with Crippen molar-refractivity contribution < 1.29 is 13.9 Å². The minimum absolute atomic E-state index is 0.0520. The van der Waals surface area contributed by atoms with Crippen LogP contribution in [0.2, 0.25) is 0 Å². The van der Waals surface area contributed by atoms with Crippen molar-refractivity contribution in [3.8, 4) is 11.4 Å². The van der Waals surface area contributed by atoms with Crippen molar-refractivity contribution >= 4 is 17.6 Å². The topological polar surface area (TPSA) is 84.6 Å². The number of amides is 1. The van der Waals surface area contributed by atoms with E-state index in [2.05, 4.69) is 20.6 Å². The first kappa shape index (κ1) is 17.2. The predicted molar refractivity (Wildman–Crippen MR) is 96.8 cm³/mol. The van der Waals surface area contributed by atoms with Crippen LogP contribution in [-0.4, -0.2) is 57.0 Å². The average molecular weight is 370 g/mol. The molecule has 1 unspecified atom stereocenters. The highest BCUT2D eigenvalue weighted by atomic mass is 19.1. The van der Waals surface area contributed by atoms with Gasteiger partial charge in [-0.3, -0.25) is 0 Å². The molecule has 2 aromatic heterocycles. The zero-order chi connectivity index (χ0) is 18.8. The molecule has 1 aliphatic rings. The third-order valence-corrected chi connectivity index (χ3v) is 4.58. The molecule has 1 atom stereocenters. The lowest BCUT2D eigenvalue weighted by atomic mass is 10.1. The Morgan fingerprint density at radius 2 is 2.11 bits per heavy atom. The lowest BCUT2D eigenvalue weighted by Crippen LogP contribution is -2.45. The minimum atomic E-state index is -0.382. The van der Waals surface area contributed by atoms with Crippen molar-refractivity contribution in [2.45, 2.75) is 18.9 Å². The van der Waals surface area contributed by atoms with Gasteiger partial charge in [0.25, 0.3) is 0 Å². The zero-order valence-electron chi connectivity index (χ0n) is 14.8. The molecule has 1 aliphatic heterocycles. The number of halogens is 1. The van der Waals surface area contributed by atoms with Crippen LogP contribution < -0.4 is 5.32 Å². The van der Waals surface area contributed by atoms with E-state index in [1.807, 2.05) is 0 Å². The van der Waals surface area contributed by atoms with Crippen LogP contribution in [0.15, 0.2) is 36.4 Å². The first-order valence-electron chi connectivity index (χ1n) is 8.72. The number of nitrogens with one attached hydrogen (secondary N) is 1. The van der Waals surface area contributed by atoms with E-state index in [-0.39, 0.29) is 18.0 Å². The summed E-state index contributed by atoms with van der Waals surface area (Å²) in [5, 5.41) is 16.0. The fourth-order valence-corrected chi connectivity index (χ4v) is 3.28. The summed E-state index contributed by atoms with van der Waals surface area (Å²) in [6, 6.07) is 10.0. The Balaban J connectivity index is 1.59. The van der Waals surface area contributed by atoms with E-state index >= 15 is 0 Å². The smallest absolute Gasteiger partial charge is 0.409 e. The van der Waals surface area contributed by atoms with Crippen LogP contribution >= 0.6 is 0 Å². The van der Waals surface area contributed by atoms with Gasteiger partial charge in [0.05, 0.1) is 12.7 Å². The second-order valence-electron chi connectivity index (χ2n) is 6.39. The number of hydrogen-bond donors (Lipinski definition) is 1. The molecule has 1 aromatic carbocycles. The van der Waals surface area contributed by atoms with E-state index in [4.69, 9.17) is 4.74 Å². The number of benzene rings is 1. The summed E-state index contributed by atoms with van der Waals surface area (Å²) in [4.78, 5) is 13.4. The number of aromatic nitrogens is 4. The summed E-state index contributed by atoms with van der Waals surface area (Å²) < 4.78 is 20.4. The fraction of sp³-hybridized carbons (Fsp3) is 0.333. The molecule has 1 fully saturated rings. The number of piperidine rings is 1. The molecule has 1 N–H and O–H groups in total. The number of fused-ring (bicyclic) bond motifs is 1. The van der Waals surface area contributed by atoms with Gasteiger partial charge in [-0.2, -0.15) is 4.52 Å². The first-order chi connectivity index (χ1) is 13.2. The van der Waals surface area contributed by atoms with Gasteiger partial charge in [0.1, 0.15) is 11.6 Å². The molecule has 4 rings (SSSR count). The van der Waals surface area contributed by atoms with Crippen molar-refractivity contribution in [3.05, 3.63) is 42.2 Å². The number of rotatable bonds is 3. The molecular weight excluding hydrogens is 351 g/mol. The maximum absolute atomic E-state index is 14.1. The second kappa shape index (κ2) is 7.18. The summed E-state index contributed by atoms with van der Waals surface area (Å²) in [5.41, 5.74) is 0.864. The zero-order valence-corrected chi connectivity index (χ0v) is 14.8. The van der Waals surface area contributed by atoms with E-state index in [1.54, 1.807) is 35.2 Å². The molecule has 1 saturated heterocycles. The van der Waals surface area contributed by atoms with Crippen molar-refractivity contribution in [2.75, 3.05) is 25.5 Å². The largest absolute Gasteiger partial charge is 0.453 e. The molecule has 140 valence electrons. The van der Waals surface area contributed by atoms with Crippen LogP contribution in [0.25, 0.3) is 17.0 Å². The molecule has 8 nitrogen and oxygen atoms in total. The quantitative estimate of drug-likeness (QED) is 0.763. The summed E-state index contributed by atoms with van der Waals surface area (Å²) >= 11 is 0. The first-order valence-corrected chi connectivity index (χ1v) is 8.72. The van der Waals surface area contributed by atoms with Gasteiger partial charge < -0.3 is 15.0 Å². The number of methoxy groups -OCH3 is 1. The highest BCUT2D eigenvalue weighted by Gasteiger charge is 2.24. The van der Waals surface area contributed by atoms with E-state index in [1.165, 1.54) is 17.7 Å². The van der Waals surface area contributed by atoms with Gasteiger partial charge in [-0.15, -0.1) is 15.3 Å². The Hall–Kier alpha value is -3.23. The van der Waals surface area contributed by atoms with E-state index in [0.717, 1.165) is 12.8 Å². The maximum Gasteiger partial charge on any atom is 0.409 e. The fourth-order valence-electron chi connectivity index (χ4n) is 3.28. The third-order valence-electron chi connectivity index (χ3n) is 4.58. The van der Waals surface area contributed by atoms with Gasteiger partial charge in [-0.05, 0) is 37.1 Å². The van der Waals surface area contributed by atoms with Crippen molar-refractivity contribution in [1.82, 2.24) is 24.7 Å². The monoisotopic (exact) mass is 370 g/mol. The number of carbonyl (C=O) groups excluding carboxylic acids is 1. The molecular formula is C18H19FN6O2. The highest BCUT2D eigenvalue weighted by molar-refractivity contribution is 5.67. The predicted octanol–water partition coefficient (Wildman–Crippen LogP) is 2.57. The molecule has 0 bridgehead atoms. The Labute approximate surface area is 155 Å². The van der Waals surface area contributed by atoms with Crippen LogP contribution in [0.1, 0.15) is 12.8 Å². The van der Waals surface area contributed by atoms with Gasteiger partial charge in [-0.1, -0.05) is 12.1 Å². The van der Waals surface area contributed by atoms with Crippen LogP contribution in [0.3, 0.4) is 0 Å². The Morgan fingerprint density at radius 3 is 2.93 bits per heavy atom. The van der Waals surface area contributed by atoms with Crippen molar-refractivity contribution in [2.24, 2.45) is 0 Å². The van der Waals surface area contributed by atoms with Gasteiger partial charge in [-0.25, -0.2) is 9.18 Å². The number of nitrogens with zero attached hydrogens (tertiary/aromatic N) is 5. The van der Waals surface area contributed by atoms with Gasteiger partial charge in [0, 0.05) is 19.1 Å². The van der Waals surface area contributed by atoms with Gasteiger partial charge >= 0.3 is 6.09 Å². The van der Waals surface area contributed by atoms with Gasteiger partial charge in [0.2, 0.25) is 0 Å². The van der Waals surface area contributed by atoms with Crippen molar-refractivity contribution in [3.63, 3.8) is 0 Å². The van der Waals surface area contributed by atoms with E-state index < -0.39 is 0 Å². The Kier molecular flexibility index (Phi) is 4.57. The van der Waals surface area contributed by atoms with E-state index in [0.29, 0.717) is 35.9 Å². The normalized spacial score (nSPS) is 17.1. The number of hydrogen-bond acceptors (Lipinski definition) is 6. The standard InChI is InChI=1S/C18H19FN6O2/c1-27-18(26)24-10-4-5-12(11-24)20-15-8-9-16-21-22-17(25(16)23-15)13-6-2-3-7-14(13)19/h2-3,6-9,12H,4-5,10-11H2,1H3,(H,20,23). The molecule has 3 aromatic rings. The van der Waals surface area contributed by atoms with Gasteiger partial charge in [0.15, 0.2) is 11.5 Å². The molecule has 1 amide bonds. The van der Waals surface area contributed by atoms with Crippen LogP contribution in [0.4, 0.5) is 15.0 Å². The van der Waals surface area contributed by atoms with Crippen LogP contribution in [0.5, 0.6) is 0 Å². The second-order valence-corrected chi connectivity index (χ2v) is 6.39. The number of likely N-dealkylation sites (tertiary alicyclic amines) is 1. The number of anilines is 1. The molecule has 27 heavy (non-hydrogen) atoms. The van der Waals surface area contributed by atoms with Crippen molar-refractivity contribution in [1.29, 1.82) is 0 Å². The molecule has 0 spiro atoms. The molecule has 3 heterocycles. The molecule has 0 aliphatic carbocycles. The Bertz CT molecular complexity index is 975. The number of ether oxygens (including phenoxy) is 1. The lowest BCUT2D eigenvalue weighted by molar-refractivity contribution is 0.113. The molecule has 0 saturated carbocycles. The Morgan fingerprint density at radius 1 is 1.26 bits per heavy atom. The minimum Gasteiger partial charge on any atom is -0.453 e. The molecule has 9 heteroatoms. The van der Waals surface area contributed by atoms with Crippen LogP contribution in [0, 0.1) is 5.82 Å². The lowest BCUT2D eigenvalue weighted by Gasteiger charge is -2.32. The van der Waals surface area contributed by atoms with E-state index in [9.17, 15) is 9.18 Å². The van der Waals surface area contributed by atoms with Crippen LogP contribution in [-0.2, 0) is 4.74 Å². The molecule has 0 radical (unpaired) electrons. The third kappa shape index (κ3) is 3.40. The summed E-state index contributed by atoms with van der Waals surface area (Å²) in [6.07, 6.45) is 1.46. The number of carbonyl (C=O) groups is 1. The summed E-state index contributed by atoms with van der Waals surface area (Å²) in [6.45, 7) is 1.22. The summed E-state index contributed by atoms with van der Waals surface area (Å²) in [5.74, 6) is 0.566. The SMILES string of the molecule is COC(=O)N1CCCC(Nc2ccc3nnc(-c4ccccc4F)n3n2)C1. The highest BCUT2D eigenvalue weighted by Crippen LogP contribution is 2.22. The average Bonchev–Trinajstić information content (AvgIpc) is 3.11. The summed E-state index contributed by atoms with van der Waals surface area (Å²) in [7, 11) is 1.38. The maximum atomic E-state index is 14.1.